The fraction of sp³-hybridized carbons (Fsp3) is 0.219. The number of halogens is 1. The maximum absolute atomic E-state index is 13.3. The number of aryl methyl sites for hydroxylation is 1. The molecule has 196 valence electrons. The Morgan fingerprint density at radius 1 is 0.842 bits per heavy atom. The summed E-state index contributed by atoms with van der Waals surface area (Å²) in [5, 5.41) is 32.6. The molecule has 3 atom stereocenters. The van der Waals surface area contributed by atoms with Gasteiger partial charge in [0.2, 0.25) is 0 Å². The van der Waals surface area contributed by atoms with Crippen LogP contribution in [-0.2, 0) is 12.8 Å². The molecule has 0 saturated carbocycles. The molecule has 5 nitrogen and oxygen atoms in total. The molecule has 3 unspecified atom stereocenters. The lowest BCUT2D eigenvalue weighted by Gasteiger charge is -2.30. The van der Waals surface area contributed by atoms with E-state index in [-0.39, 0.29) is 30.2 Å². The van der Waals surface area contributed by atoms with Gasteiger partial charge in [-0.3, -0.25) is 10.7 Å². The van der Waals surface area contributed by atoms with E-state index < -0.39 is 6.23 Å². The third kappa shape index (κ3) is 7.35. The highest BCUT2D eigenvalue weighted by atomic mass is 19.1. The number of rotatable bonds is 12. The summed E-state index contributed by atoms with van der Waals surface area (Å²) in [4.78, 5) is 0. The molecular weight excluding hydrogens is 477 g/mol. The molecule has 0 heterocycles. The van der Waals surface area contributed by atoms with Crippen LogP contribution in [-0.4, -0.2) is 28.7 Å². The molecule has 4 aromatic rings. The molecule has 0 amide bonds. The second-order valence-electron chi connectivity index (χ2n) is 9.59. The predicted octanol–water partition coefficient (Wildman–Crippen LogP) is 5.21. The van der Waals surface area contributed by atoms with E-state index in [0.29, 0.717) is 24.0 Å². The van der Waals surface area contributed by atoms with Crippen molar-refractivity contribution in [3.05, 3.63) is 131 Å². The van der Waals surface area contributed by atoms with Gasteiger partial charge < -0.3 is 15.9 Å². The number of hydrogen-bond donors (Lipinski definition) is 5. The SMILES string of the molecule is N=C(N)c1cccc(CC(CO)C(CCc2ccccc2)NC(O)c2ccc(-c3ccc(F)cc3)cc2)c1. The quantitative estimate of drug-likeness (QED) is 0.102. The van der Waals surface area contributed by atoms with E-state index in [1.165, 1.54) is 17.7 Å². The second kappa shape index (κ2) is 13.1. The molecule has 4 aromatic carbocycles. The van der Waals surface area contributed by atoms with Crippen molar-refractivity contribution in [3.8, 4) is 11.1 Å². The molecule has 38 heavy (non-hydrogen) atoms. The molecule has 0 radical (unpaired) electrons. The van der Waals surface area contributed by atoms with Gasteiger partial charge in [0, 0.05) is 24.1 Å². The van der Waals surface area contributed by atoms with E-state index >= 15 is 0 Å². The zero-order valence-corrected chi connectivity index (χ0v) is 21.2. The predicted molar refractivity (Wildman–Crippen MR) is 150 cm³/mol. The van der Waals surface area contributed by atoms with E-state index in [1.807, 2.05) is 60.7 Å². The normalized spacial score (nSPS) is 13.6. The Balaban J connectivity index is 1.51. The molecule has 0 saturated heterocycles. The minimum Gasteiger partial charge on any atom is -0.396 e. The molecule has 0 fully saturated rings. The average Bonchev–Trinajstić information content (AvgIpc) is 2.95. The Morgan fingerprint density at radius 2 is 1.47 bits per heavy atom. The molecule has 0 bridgehead atoms. The molecule has 0 aliphatic heterocycles. The first-order chi connectivity index (χ1) is 18.4. The molecule has 6 N–H and O–H groups in total. The van der Waals surface area contributed by atoms with Crippen molar-refractivity contribution in [2.75, 3.05) is 6.61 Å². The van der Waals surface area contributed by atoms with Crippen LogP contribution in [0.25, 0.3) is 11.1 Å². The van der Waals surface area contributed by atoms with Crippen LogP contribution in [0.5, 0.6) is 0 Å². The number of benzene rings is 4. The lowest BCUT2D eigenvalue weighted by Crippen LogP contribution is -2.41. The summed E-state index contributed by atoms with van der Waals surface area (Å²) in [5.74, 6) is -0.447. The summed E-state index contributed by atoms with van der Waals surface area (Å²) >= 11 is 0. The van der Waals surface area contributed by atoms with Gasteiger partial charge in [-0.15, -0.1) is 0 Å². The molecule has 0 aliphatic rings. The van der Waals surface area contributed by atoms with Crippen LogP contribution in [0.15, 0.2) is 103 Å². The van der Waals surface area contributed by atoms with Crippen molar-refractivity contribution < 1.29 is 14.6 Å². The van der Waals surface area contributed by atoms with Crippen LogP contribution >= 0.6 is 0 Å². The third-order valence-corrected chi connectivity index (χ3v) is 6.90. The van der Waals surface area contributed by atoms with E-state index in [9.17, 15) is 14.6 Å². The van der Waals surface area contributed by atoms with Crippen molar-refractivity contribution in [2.24, 2.45) is 11.7 Å². The van der Waals surface area contributed by atoms with Crippen molar-refractivity contribution in [3.63, 3.8) is 0 Å². The first-order valence-electron chi connectivity index (χ1n) is 12.8. The van der Waals surface area contributed by atoms with Crippen molar-refractivity contribution >= 4 is 5.84 Å². The number of hydrogen-bond acceptors (Lipinski definition) is 4. The minimum atomic E-state index is -0.935. The van der Waals surface area contributed by atoms with Crippen LogP contribution in [0, 0.1) is 17.1 Å². The number of nitrogens with two attached hydrogens (primary N) is 1. The van der Waals surface area contributed by atoms with Crippen LogP contribution in [0.4, 0.5) is 4.39 Å². The van der Waals surface area contributed by atoms with Crippen LogP contribution < -0.4 is 11.1 Å². The summed E-state index contributed by atoms with van der Waals surface area (Å²) in [5.41, 5.74) is 11.0. The third-order valence-electron chi connectivity index (χ3n) is 6.90. The molecule has 0 aliphatic carbocycles. The molecule has 0 spiro atoms. The lowest BCUT2D eigenvalue weighted by molar-refractivity contribution is 0.0902. The molecule has 4 rings (SSSR count). The summed E-state index contributed by atoms with van der Waals surface area (Å²) in [7, 11) is 0. The van der Waals surface area contributed by atoms with Gasteiger partial charge >= 0.3 is 0 Å². The van der Waals surface area contributed by atoms with Gasteiger partial charge in [-0.05, 0) is 65.3 Å². The van der Waals surface area contributed by atoms with Crippen molar-refractivity contribution in [1.82, 2.24) is 5.32 Å². The maximum atomic E-state index is 13.3. The smallest absolute Gasteiger partial charge is 0.131 e. The minimum absolute atomic E-state index is 0.00524. The Kier molecular flexibility index (Phi) is 9.38. The number of nitrogens with one attached hydrogen (secondary N) is 2. The van der Waals surface area contributed by atoms with Crippen molar-refractivity contribution in [2.45, 2.75) is 31.5 Å². The largest absolute Gasteiger partial charge is 0.396 e. The Morgan fingerprint density at radius 3 is 2.11 bits per heavy atom. The first-order valence-corrected chi connectivity index (χ1v) is 12.8. The van der Waals surface area contributed by atoms with Gasteiger partial charge in [-0.25, -0.2) is 4.39 Å². The van der Waals surface area contributed by atoms with Crippen LogP contribution in [0.3, 0.4) is 0 Å². The van der Waals surface area contributed by atoms with Crippen LogP contribution in [0.1, 0.15) is 34.9 Å². The number of amidine groups is 1. The summed E-state index contributed by atoms with van der Waals surface area (Å²) in [6.07, 6.45) is 1.14. The second-order valence-corrected chi connectivity index (χ2v) is 9.59. The summed E-state index contributed by atoms with van der Waals surface area (Å²) in [6.45, 7) is -0.0625. The van der Waals surface area contributed by atoms with E-state index in [4.69, 9.17) is 11.1 Å². The lowest BCUT2D eigenvalue weighted by atomic mass is 9.88. The molecule has 0 aromatic heterocycles. The zero-order valence-electron chi connectivity index (χ0n) is 21.2. The van der Waals surface area contributed by atoms with Gasteiger partial charge in [0.05, 0.1) is 0 Å². The average molecular weight is 512 g/mol. The van der Waals surface area contributed by atoms with E-state index in [2.05, 4.69) is 17.4 Å². The van der Waals surface area contributed by atoms with Gasteiger partial charge in [0.15, 0.2) is 0 Å². The monoisotopic (exact) mass is 511 g/mol. The van der Waals surface area contributed by atoms with Gasteiger partial charge in [0.1, 0.15) is 17.9 Å². The van der Waals surface area contributed by atoms with Crippen molar-refractivity contribution in [1.29, 1.82) is 5.41 Å². The molecular formula is C32H34FN3O2. The highest BCUT2D eigenvalue weighted by molar-refractivity contribution is 5.95. The van der Waals surface area contributed by atoms with Gasteiger partial charge in [-0.2, -0.15) is 0 Å². The van der Waals surface area contributed by atoms with E-state index in [1.54, 1.807) is 18.2 Å². The van der Waals surface area contributed by atoms with Crippen LogP contribution in [0.2, 0.25) is 0 Å². The van der Waals surface area contributed by atoms with E-state index in [0.717, 1.165) is 23.1 Å². The molecule has 6 heteroatoms. The Labute approximate surface area is 223 Å². The number of aliphatic hydroxyl groups excluding tert-OH is 2. The maximum Gasteiger partial charge on any atom is 0.131 e. The number of aliphatic hydroxyl groups is 2. The fourth-order valence-electron chi connectivity index (χ4n) is 4.72. The summed E-state index contributed by atoms with van der Waals surface area (Å²) in [6, 6.07) is 31.3. The first kappa shape index (κ1) is 27.2. The highest BCUT2D eigenvalue weighted by Gasteiger charge is 2.24. The topological polar surface area (TPSA) is 102 Å². The van der Waals surface area contributed by atoms with Gasteiger partial charge in [-0.1, -0.05) is 84.9 Å². The Hall–Kier alpha value is -3.84. The Bertz CT molecular complexity index is 1310. The highest BCUT2D eigenvalue weighted by Crippen LogP contribution is 2.24. The standard InChI is InChI=1S/C32H34FN3O2/c33-29-16-14-25(15-17-29)24-10-12-26(13-11-24)32(38)36-30(18-9-22-5-2-1-3-6-22)28(21-37)20-23-7-4-8-27(19-23)31(34)35/h1-8,10-17,19,28,30,32,36-38H,9,18,20-21H2,(H3,34,35). The zero-order chi connectivity index (χ0) is 26.9. The summed E-state index contributed by atoms with van der Waals surface area (Å²) < 4.78 is 13.3. The van der Waals surface area contributed by atoms with Gasteiger partial charge in [0.25, 0.3) is 0 Å². The number of nitrogen functional groups attached to an aromatic ring is 1. The fourth-order valence-corrected chi connectivity index (χ4v) is 4.72.